The zero-order valence-corrected chi connectivity index (χ0v) is 29.6. The third-order valence-corrected chi connectivity index (χ3v) is 6.95. The molecular formula is C38H50O11. The van der Waals surface area contributed by atoms with Crippen molar-refractivity contribution >= 4 is 23.9 Å². The molecule has 11 heteroatoms. The number of carboxylic acids is 1. The van der Waals surface area contributed by atoms with E-state index in [9.17, 15) is 19.2 Å². The number of cyclic esters (lactones) is 2. The van der Waals surface area contributed by atoms with Crippen LogP contribution in [0.25, 0.3) is 0 Å². The minimum absolute atomic E-state index is 0.0655. The molecule has 0 radical (unpaired) electrons. The highest BCUT2D eigenvalue weighted by Crippen LogP contribution is 2.22. The molecule has 49 heavy (non-hydrogen) atoms. The number of ether oxygens (including phenoxy) is 6. The summed E-state index contributed by atoms with van der Waals surface area (Å²) in [5.41, 5.74) is 2.86. The number of hydrogen-bond acceptors (Lipinski definition) is 10. The van der Waals surface area contributed by atoms with Crippen molar-refractivity contribution in [3.05, 3.63) is 107 Å². The number of aryl methyl sites for hydroxylation is 2. The van der Waals surface area contributed by atoms with Crippen LogP contribution in [0.1, 0.15) is 74.9 Å². The molecule has 1 N–H and O–H groups in total. The van der Waals surface area contributed by atoms with E-state index in [1.54, 1.807) is 26.2 Å². The monoisotopic (exact) mass is 682 g/mol. The molecule has 0 aliphatic carbocycles. The van der Waals surface area contributed by atoms with Crippen LogP contribution in [0.3, 0.4) is 0 Å². The molecule has 2 heterocycles. The molecule has 2 aromatic carbocycles. The van der Waals surface area contributed by atoms with E-state index in [0.717, 1.165) is 36.7 Å². The van der Waals surface area contributed by atoms with Crippen LogP contribution in [0.2, 0.25) is 0 Å². The second-order valence-corrected chi connectivity index (χ2v) is 10.4. The number of esters is 3. The van der Waals surface area contributed by atoms with E-state index >= 15 is 0 Å². The van der Waals surface area contributed by atoms with Crippen LogP contribution >= 0.6 is 0 Å². The van der Waals surface area contributed by atoms with Gasteiger partial charge in [0.15, 0.2) is 0 Å². The SMILES string of the molecule is CC.CCOC1=CC(=O)OC(CCc2ccccc2)C1.CO/C(C)=C/C(=O)O.COC(=O)c1ccc(CCC2CC(OC)=CC(=O)O2)cc1. The lowest BCUT2D eigenvalue weighted by molar-refractivity contribution is -0.146. The Bertz CT molecular complexity index is 1390. The molecule has 0 aromatic heterocycles. The van der Waals surface area contributed by atoms with Gasteiger partial charge in [-0.25, -0.2) is 19.2 Å². The van der Waals surface area contributed by atoms with Crippen LogP contribution in [0.15, 0.2) is 90.1 Å². The lowest BCUT2D eigenvalue weighted by atomic mass is 10.0. The predicted octanol–water partition coefficient (Wildman–Crippen LogP) is 6.75. The fourth-order valence-corrected chi connectivity index (χ4v) is 4.52. The molecule has 0 spiro atoms. The van der Waals surface area contributed by atoms with Crippen molar-refractivity contribution in [2.24, 2.45) is 0 Å². The first kappa shape index (κ1) is 42.0. The lowest BCUT2D eigenvalue weighted by Gasteiger charge is -2.22. The fraction of sp³-hybridized carbons (Fsp3) is 0.421. The van der Waals surface area contributed by atoms with Gasteiger partial charge in [0.05, 0.1) is 57.5 Å². The third kappa shape index (κ3) is 17.6. The van der Waals surface area contributed by atoms with Crippen molar-refractivity contribution in [1.82, 2.24) is 0 Å². The van der Waals surface area contributed by atoms with E-state index < -0.39 is 5.97 Å². The van der Waals surface area contributed by atoms with E-state index in [2.05, 4.69) is 21.6 Å². The molecule has 2 unspecified atom stereocenters. The molecule has 0 fully saturated rings. The van der Waals surface area contributed by atoms with Gasteiger partial charge < -0.3 is 33.5 Å². The van der Waals surface area contributed by atoms with E-state index in [1.807, 2.05) is 51.1 Å². The van der Waals surface area contributed by atoms with Crippen LogP contribution < -0.4 is 0 Å². The lowest BCUT2D eigenvalue weighted by Crippen LogP contribution is -2.24. The average molecular weight is 683 g/mol. The van der Waals surface area contributed by atoms with Crippen LogP contribution in [-0.2, 0) is 55.6 Å². The van der Waals surface area contributed by atoms with E-state index in [-0.39, 0.29) is 30.1 Å². The Hall–Kier alpha value is -5.06. The number of rotatable bonds is 12. The number of methoxy groups -OCH3 is 3. The van der Waals surface area contributed by atoms with Crippen molar-refractivity contribution in [1.29, 1.82) is 0 Å². The summed E-state index contributed by atoms with van der Waals surface area (Å²) in [6, 6.07) is 17.4. The van der Waals surface area contributed by atoms with Crippen LogP contribution in [0.5, 0.6) is 0 Å². The van der Waals surface area contributed by atoms with Crippen molar-refractivity contribution in [2.75, 3.05) is 27.9 Å². The summed E-state index contributed by atoms with van der Waals surface area (Å²) in [6.45, 7) is 8.08. The number of carbonyl (C=O) groups excluding carboxylic acids is 3. The second kappa shape index (κ2) is 24.1. The Kier molecular flexibility index (Phi) is 20.7. The van der Waals surface area contributed by atoms with Gasteiger partial charge in [-0.3, -0.25) is 0 Å². The molecule has 2 aromatic rings. The smallest absolute Gasteiger partial charge is 0.337 e. The van der Waals surface area contributed by atoms with E-state index in [4.69, 9.17) is 24.1 Å². The van der Waals surface area contributed by atoms with Crippen molar-refractivity contribution < 1.29 is 52.7 Å². The van der Waals surface area contributed by atoms with Gasteiger partial charge in [0, 0.05) is 12.8 Å². The first-order valence-electron chi connectivity index (χ1n) is 16.2. The van der Waals surface area contributed by atoms with Gasteiger partial charge in [-0.2, -0.15) is 0 Å². The molecule has 4 rings (SSSR count). The van der Waals surface area contributed by atoms with Gasteiger partial charge >= 0.3 is 23.9 Å². The van der Waals surface area contributed by atoms with Crippen molar-refractivity contribution in [3.63, 3.8) is 0 Å². The number of carboxylic acid groups (broad SMARTS) is 1. The quantitative estimate of drug-likeness (QED) is 0.110. The molecule has 0 amide bonds. The zero-order chi connectivity index (χ0) is 36.6. The summed E-state index contributed by atoms with van der Waals surface area (Å²) in [5.74, 6) is -0.185. The first-order chi connectivity index (χ1) is 23.6. The molecular weight excluding hydrogens is 632 g/mol. The third-order valence-electron chi connectivity index (χ3n) is 6.95. The van der Waals surface area contributed by atoms with E-state index in [0.29, 0.717) is 43.0 Å². The largest absolute Gasteiger partial charge is 0.501 e. The van der Waals surface area contributed by atoms with Gasteiger partial charge in [0.25, 0.3) is 0 Å². The second-order valence-electron chi connectivity index (χ2n) is 10.4. The number of allylic oxidation sites excluding steroid dienone is 1. The highest BCUT2D eigenvalue weighted by molar-refractivity contribution is 5.89. The number of benzene rings is 2. The van der Waals surface area contributed by atoms with Crippen molar-refractivity contribution in [2.45, 2.75) is 78.4 Å². The van der Waals surface area contributed by atoms with Gasteiger partial charge in [-0.05, 0) is 62.8 Å². The molecule has 2 aliphatic rings. The van der Waals surface area contributed by atoms with E-state index in [1.165, 1.54) is 31.9 Å². The number of hydrogen-bond donors (Lipinski definition) is 1. The Morgan fingerprint density at radius 3 is 1.76 bits per heavy atom. The molecule has 268 valence electrons. The fourth-order valence-electron chi connectivity index (χ4n) is 4.52. The summed E-state index contributed by atoms with van der Waals surface area (Å²) >= 11 is 0. The highest BCUT2D eigenvalue weighted by Gasteiger charge is 2.23. The standard InChI is InChI=1S/C16H18O5.C15H18O3.C5H8O3.C2H6/c1-19-14-9-13(21-15(17)10-14)8-5-11-3-6-12(7-4-11)16(18)20-2;1-2-17-14-10-13(18-15(16)11-14)9-8-12-6-4-3-5-7-12;1-4(8-2)3-5(6)7;1-2/h3-4,6-7,10,13H,5,8-9H2,1-2H3;3-7,11,13H,2,8-10H2,1H3;3H,1-2H3,(H,6,7);1-2H3/b;;4-3+;. The molecule has 0 bridgehead atoms. The molecule has 0 saturated heterocycles. The average Bonchev–Trinajstić information content (AvgIpc) is 3.11. The predicted molar refractivity (Wildman–Crippen MR) is 184 cm³/mol. The normalized spacial score (nSPS) is 16.5. The van der Waals surface area contributed by atoms with Crippen LogP contribution in [0, 0.1) is 0 Å². The highest BCUT2D eigenvalue weighted by atomic mass is 16.6. The maximum atomic E-state index is 11.4. The Morgan fingerprint density at radius 1 is 0.796 bits per heavy atom. The Labute approximate surface area is 289 Å². The number of aliphatic carboxylic acids is 1. The van der Waals surface area contributed by atoms with Crippen LogP contribution in [-0.4, -0.2) is 69.1 Å². The molecule has 2 aliphatic heterocycles. The van der Waals surface area contributed by atoms with Gasteiger partial charge in [0.2, 0.25) is 0 Å². The minimum atomic E-state index is -0.982. The summed E-state index contributed by atoms with van der Waals surface area (Å²) in [4.78, 5) is 43.9. The first-order valence-corrected chi connectivity index (χ1v) is 16.2. The Balaban J connectivity index is 0.000000390. The van der Waals surface area contributed by atoms with Gasteiger partial charge in [-0.15, -0.1) is 0 Å². The van der Waals surface area contributed by atoms with Gasteiger partial charge in [-0.1, -0.05) is 56.3 Å². The summed E-state index contributed by atoms with van der Waals surface area (Å²) in [5, 5.41) is 8.06. The van der Waals surface area contributed by atoms with Crippen molar-refractivity contribution in [3.8, 4) is 0 Å². The zero-order valence-electron chi connectivity index (χ0n) is 29.6. The van der Waals surface area contributed by atoms with Gasteiger partial charge in [0.1, 0.15) is 23.7 Å². The topological polar surface area (TPSA) is 144 Å². The summed E-state index contributed by atoms with van der Waals surface area (Å²) in [6.07, 6.45) is 8.10. The number of carbonyl (C=O) groups is 4. The summed E-state index contributed by atoms with van der Waals surface area (Å²) in [7, 11) is 4.33. The molecule has 11 nitrogen and oxygen atoms in total. The maximum absolute atomic E-state index is 11.4. The molecule has 0 saturated carbocycles. The van der Waals surface area contributed by atoms with Crippen LogP contribution in [0.4, 0.5) is 0 Å². The molecule has 2 atom stereocenters. The Morgan fingerprint density at radius 2 is 1.31 bits per heavy atom. The maximum Gasteiger partial charge on any atom is 0.337 e. The minimum Gasteiger partial charge on any atom is -0.501 e. The summed E-state index contributed by atoms with van der Waals surface area (Å²) < 4.78 is 30.2.